The summed E-state index contributed by atoms with van der Waals surface area (Å²) in [6, 6.07) is -0.385. The van der Waals surface area contributed by atoms with Gasteiger partial charge in [0.25, 0.3) is 0 Å². The van der Waals surface area contributed by atoms with Crippen LogP contribution in [0.1, 0.15) is 20.8 Å². The van der Waals surface area contributed by atoms with Gasteiger partial charge in [0, 0.05) is 37.8 Å². The second kappa shape index (κ2) is 7.69. The van der Waals surface area contributed by atoms with Gasteiger partial charge in [-0.1, -0.05) is 13.8 Å². The van der Waals surface area contributed by atoms with Crippen LogP contribution in [0.4, 0.5) is 5.13 Å². The third-order valence-corrected chi connectivity index (χ3v) is 4.68. The first-order valence-electron chi connectivity index (χ1n) is 7.64. The number of hydrogen-bond donors (Lipinski definition) is 1. The molecule has 1 amide bonds. The summed E-state index contributed by atoms with van der Waals surface area (Å²) in [6.07, 6.45) is 1.81. The number of anilines is 1. The Morgan fingerprint density at radius 3 is 2.50 bits per heavy atom. The normalized spacial score (nSPS) is 17.5. The van der Waals surface area contributed by atoms with Crippen LogP contribution in [-0.4, -0.2) is 60.3 Å². The topological polar surface area (TPSA) is 65.5 Å². The van der Waals surface area contributed by atoms with E-state index in [-0.39, 0.29) is 23.7 Å². The summed E-state index contributed by atoms with van der Waals surface area (Å²) < 4.78 is 0. The number of rotatable bonds is 6. The SMILES string of the molecule is CC(=O)[C@@H](NC(=O)CN1CCN(c2nccs2)CC1)C(C)C. The molecule has 0 saturated carbocycles. The Bertz CT molecular complexity index is 496. The minimum atomic E-state index is -0.385. The molecule has 1 saturated heterocycles. The summed E-state index contributed by atoms with van der Waals surface area (Å²) in [5.41, 5.74) is 0. The van der Waals surface area contributed by atoms with E-state index in [2.05, 4.69) is 20.1 Å². The van der Waals surface area contributed by atoms with Crippen molar-refractivity contribution in [3.63, 3.8) is 0 Å². The molecule has 0 spiro atoms. The average molecular weight is 324 g/mol. The lowest BCUT2D eigenvalue weighted by Gasteiger charge is -2.34. The van der Waals surface area contributed by atoms with Gasteiger partial charge in [-0.15, -0.1) is 11.3 Å². The standard InChI is InChI=1S/C15H24N4O2S/c1-11(2)14(12(3)20)17-13(21)10-18-5-7-19(8-6-18)15-16-4-9-22-15/h4,9,11,14H,5-8,10H2,1-3H3,(H,17,21)/t14-/m0/s1. The Kier molecular flexibility index (Phi) is 5.90. The van der Waals surface area contributed by atoms with Gasteiger partial charge in [0.2, 0.25) is 5.91 Å². The molecule has 7 heteroatoms. The van der Waals surface area contributed by atoms with E-state index in [4.69, 9.17) is 0 Å². The zero-order valence-corrected chi connectivity index (χ0v) is 14.2. The third-order valence-electron chi connectivity index (χ3n) is 3.85. The lowest BCUT2D eigenvalue weighted by molar-refractivity contribution is -0.128. The number of nitrogens with one attached hydrogen (secondary N) is 1. The molecule has 122 valence electrons. The maximum atomic E-state index is 12.1. The van der Waals surface area contributed by atoms with Crippen molar-refractivity contribution in [1.29, 1.82) is 0 Å². The average Bonchev–Trinajstić information content (AvgIpc) is 2.99. The van der Waals surface area contributed by atoms with E-state index in [1.807, 2.05) is 25.4 Å². The minimum Gasteiger partial charge on any atom is -0.346 e. The predicted octanol–water partition coefficient (Wildman–Crippen LogP) is 0.995. The van der Waals surface area contributed by atoms with Gasteiger partial charge in [-0.05, 0) is 12.8 Å². The number of nitrogens with zero attached hydrogens (tertiary/aromatic N) is 3. The minimum absolute atomic E-state index is 0.0111. The lowest BCUT2D eigenvalue weighted by Crippen LogP contribution is -2.52. The van der Waals surface area contributed by atoms with Crippen molar-refractivity contribution in [3.8, 4) is 0 Å². The number of ketones is 1. The lowest BCUT2D eigenvalue weighted by atomic mass is 10.0. The number of carbonyl (C=O) groups excluding carboxylic acids is 2. The molecule has 22 heavy (non-hydrogen) atoms. The molecule has 2 rings (SSSR count). The molecule has 0 radical (unpaired) electrons. The number of Topliss-reactive ketones (excluding diaryl/α,β-unsaturated/α-hetero) is 1. The van der Waals surface area contributed by atoms with E-state index < -0.39 is 0 Å². The fraction of sp³-hybridized carbons (Fsp3) is 0.667. The molecule has 0 bridgehead atoms. The van der Waals surface area contributed by atoms with E-state index in [1.165, 1.54) is 6.92 Å². The molecule has 1 N–H and O–H groups in total. The van der Waals surface area contributed by atoms with Gasteiger partial charge in [0.15, 0.2) is 10.9 Å². The number of piperazine rings is 1. The molecule has 2 heterocycles. The van der Waals surface area contributed by atoms with Crippen LogP contribution in [0.5, 0.6) is 0 Å². The van der Waals surface area contributed by atoms with Crippen LogP contribution in [0, 0.1) is 5.92 Å². The first-order chi connectivity index (χ1) is 10.5. The molecule has 1 aliphatic heterocycles. The van der Waals surface area contributed by atoms with E-state index >= 15 is 0 Å². The van der Waals surface area contributed by atoms with Crippen LogP contribution < -0.4 is 10.2 Å². The molecule has 0 aliphatic carbocycles. The van der Waals surface area contributed by atoms with Crippen molar-refractivity contribution in [3.05, 3.63) is 11.6 Å². The zero-order valence-electron chi connectivity index (χ0n) is 13.4. The van der Waals surface area contributed by atoms with Crippen molar-refractivity contribution in [1.82, 2.24) is 15.2 Å². The van der Waals surface area contributed by atoms with E-state index in [0.717, 1.165) is 31.3 Å². The molecule has 1 atom stereocenters. The second-order valence-electron chi connectivity index (χ2n) is 5.98. The van der Waals surface area contributed by atoms with Gasteiger partial charge in [0.1, 0.15) is 0 Å². The van der Waals surface area contributed by atoms with Crippen LogP contribution in [0.3, 0.4) is 0 Å². The first kappa shape index (κ1) is 16.9. The Morgan fingerprint density at radius 1 is 1.32 bits per heavy atom. The third kappa shape index (κ3) is 4.51. The molecule has 6 nitrogen and oxygen atoms in total. The van der Waals surface area contributed by atoms with Crippen LogP contribution in [-0.2, 0) is 9.59 Å². The molecule has 1 aliphatic rings. The largest absolute Gasteiger partial charge is 0.346 e. The quantitative estimate of drug-likeness (QED) is 0.845. The van der Waals surface area contributed by atoms with Gasteiger partial charge in [-0.2, -0.15) is 0 Å². The smallest absolute Gasteiger partial charge is 0.234 e. The van der Waals surface area contributed by atoms with Crippen molar-refractivity contribution in [2.75, 3.05) is 37.6 Å². The summed E-state index contributed by atoms with van der Waals surface area (Å²) in [5, 5.41) is 5.87. The van der Waals surface area contributed by atoms with Crippen LogP contribution >= 0.6 is 11.3 Å². The molecule has 0 unspecified atom stereocenters. The number of thiazole rings is 1. The predicted molar refractivity (Wildman–Crippen MR) is 88.2 cm³/mol. The highest BCUT2D eigenvalue weighted by atomic mass is 32.1. The van der Waals surface area contributed by atoms with E-state index in [9.17, 15) is 9.59 Å². The van der Waals surface area contributed by atoms with Crippen LogP contribution in [0.2, 0.25) is 0 Å². The fourth-order valence-electron chi connectivity index (χ4n) is 2.63. The number of aromatic nitrogens is 1. The van der Waals surface area contributed by atoms with E-state index in [0.29, 0.717) is 6.54 Å². The van der Waals surface area contributed by atoms with Gasteiger partial charge in [-0.3, -0.25) is 14.5 Å². The number of hydrogen-bond acceptors (Lipinski definition) is 6. The molecule has 0 aromatic carbocycles. The summed E-state index contributed by atoms with van der Waals surface area (Å²) in [6.45, 7) is 9.18. The van der Waals surface area contributed by atoms with E-state index in [1.54, 1.807) is 11.3 Å². The summed E-state index contributed by atoms with van der Waals surface area (Å²) >= 11 is 1.64. The number of amides is 1. The molecular formula is C15H24N4O2S. The van der Waals surface area contributed by atoms with Crippen molar-refractivity contribution >= 4 is 28.2 Å². The van der Waals surface area contributed by atoms with Gasteiger partial charge >= 0.3 is 0 Å². The number of carbonyl (C=O) groups is 2. The van der Waals surface area contributed by atoms with Crippen molar-refractivity contribution in [2.24, 2.45) is 5.92 Å². The molecule has 1 fully saturated rings. The summed E-state index contributed by atoms with van der Waals surface area (Å²) in [7, 11) is 0. The second-order valence-corrected chi connectivity index (χ2v) is 6.85. The van der Waals surface area contributed by atoms with Crippen LogP contribution in [0.15, 0.2) is 11.6 Å². The zero-order chi connectivity index (χ0) is 16.1. The highest BCUT2D eigenvalue weighted by Gasteiger charge is 2.24. The highest BCUT2D eigenvalue weighted by Crippen LogP contribution is 2.18. The maximum absolute atomic E-state index is 12.1. The van der Waals surface area contributed by atoms with Gasteiger partial charge < -0.3 is 10.2 Å². The molecule has 1 aromatic rings. The Hall–Kier alpha value is -1.47. The Labute approximate surface area is 135 Å². The van der Waals surface area contributed by atoms with Gasteiger partial charge in [0.05, 0.1) is 12.6 Å². The molecule has 1 aromatic heterocycles. The maximum Gasteiger partial charge on any atom is 0.234 e. The monoisotopic (exact) mass is 324 g/mol. The Balaban J connectivity index is 1.78. The van der Waals surface area contributed by atoms with Crippen molar-refractivity contribution in [2.45, 2.75) is 26.8 Å². The fourth-order valence-corrected chi connectivity index (χ4v) is 3.33. The van der Waals surface area contributed by atoms with Crippen LogP contribution in [0.25, 0.3) is 0 Å². The summed E-state index contributed by atoms with van der Waals surface area (Å²) in [5.74, 6) is 0.0525. The Morgan fingerprint density at radius 2 is 2.00 bits per heavy atom. The van der Waals surface area contributed by atoms with Crippen molar-refractivity contribution < 1.29 is 9.59 Å². The summed E-state index contributed by atoms with van der Waals surface area (Å²) in [4.78, 5) is 32.3. The molecular weight excluding hydrogens is 300 g/mol. The highest BCUT2D eigenvalue weighted by molar-refractivity contribution is 7.13. The first-order valence-corrected chi connectivity index (χ1v) is 8.52. The van der Waals surface area contributed by atoms with Gasteiger partial charge in [-0.25, -0.2) is 4.98 Å².